The lowest BCUT2D eigenvalue weighted by molar-refractivity contribution is -0.677. The van der Waals surface area contributed by atoms with Crippen LogP contribution in [0.2, 0.25) is 0 Å². The number of hydrogen-bond donors (Lipinski definition) is 0. The number of hydrogen-bond acceptors (Lipinski definition) is 10. The lowest BCUT2D eigenvalue weighted by atomic mass is 10.00. The van der Waals surface area contributed by atoms with Gasteiger partial charge in [-0.3, -0.25) is 0 Å². The number of oxazole rings is 1. The molecule has 0 N–H and O–H groups in total. The first-order valence-electron chi connectivity index (χ1n) is 17.6. The van der Waals surface area contributed by atoms with Crippen LogP contribution in [0, 0.1) is 0 Å². The topological polar surface area (TPSA) is 144 Å². The van der Waals surface area contributed by atoms with E-state index in [0.717, 1.165) is 54.8 Å². The highest BCUT2D eigenvalue weighted by atomic mass is 32.2. The third kappa shape index (κ3) is 7.37. The first-order chi connectivity index (χ1) is 25.9. The molecule has 1 aliphatic rings. The van der Waals surface area contributed by atoms with Crippen molar-refractivity contribution in [2.24, 2.45) is 0 Å². The molecule has 276 valence electrons. The van der Waals surface area contributed by atoms with Gasteiger partial charge in [-0.2, -0.15) is 4.57 Å². The highest BCUT2D eigenvalue weighted by Crippen LogP contribution is 2.46. The van der Waals surface area contributed by atoms with Crippen molar-refractivity contribution in [1.82, 2.24) is 0 Å². The number of nitrogens with zero attached hydrogens (tertiary/aromatic N) is 2. The average Bonchev–Trinajstić information content (AvgIpc) is 3.85. The molecule has 2 aromatic heterocycles. The first-order valence-corrected chi connectivity index (χ1v) is 21.6. The Morgan fingerprint density at radius 2 is 1.57 bits per heavy atom. The van der Waals surface area contributed by atoms with Crippen LogP contribution < -0.4 is 14.2 Å². The number of allylic oxidation sites excluding steroid dienone is 2. The largest absolute Gasteiger partial charge is 0.748 e. The molecule has 3 heterocycles. The Morgan fingerprint density at radius 3 is 2.39 bits per heavy atom. The van der Waals surface area contributed by atoms with Gasteiger partial charge in [0, 0.05) is 46.7 Å². The number of thiophene rings is 1. The zero-order valence-corrected chi connectivity index (χ0v) is 31.7. The molecular weight excluding hydrogens is 745 g/mol. The van der Waals surface area contributed by atoms with E-state index in [1.165, 1.54) is 4.70 Å². The summed E-state index contributed by atoms with van der Waals surface area (Å²) in [5.74, 6) is 0.503. The van der Waals surface area contributed by atoms with Crippen LogP contribution in [0.4, 0.5) is 5.69 Å². The fraction of sp³-hybridized carbons (Fsp3) is 0.195. The SMILES string of the molecule is CCC(/C=C1\Oc2ccc3c(ccc4ccccc43)c2N1CCCS(=O)(=O)[O-])=C\c1oc2ccc(-c3ccc4sccc4c3)cc2[n+]1CCCS(=O)(=O)[O-]. The van der Waals surface area contributed by atoms with Crippen LogP contribution >= 0.6 is 11.3 Å². The molecule has 0 unspecified atom stereocenters. The van der Waals surface area contributed by atoms with Gasteiger partial charge in [-0.15, -0.1) is 11.3 Å². The highest BCUT2D eigenvalue weighted by Gasteiger charge is 2.30. The predicted octanol–water partition coefficient (Wildman–Crippen LogP) is 8.31. The van der Waals surface area contributed by atoms with Crippen LogP contribution in [0.3, 0.4) is 0 Å². The molecule has 5 aromatic carbocycles. The van der Waals surface area contributed by atoms with Crippen LogP contribution in [0.25, 0.3) is 59.9 Å². The van der Waals surface area contributed by atoms with E-state index in [2.05, 4.69) is 35.7 Å². The van der Waals surface area contributed by atoms with Crippen molar-refractivity contribution in [3.8, 4) is 16.9 Å². The molecule has 0 saturated carbocycles. The number of ether oxygens (including phenoxy) is 1. The standard InChI is InChI=1S/C41H36N2O8S3/c1-2-27(24-40-43(19-6-22-54(47,48)49)41-34-12-9-28-7-3-4-8-32(28)33(34)13-15-37(41)51-40)23-39-42(18-5-21-53(44,45)46)35-26-30(10-14-36(35)50-39)29-11-16-38-31(25-29)17-20-52-38/h3-4,7-17,20,23-26H,2,5-6,18-19,21-22H2,1H3,(H-,44,45,46,47,48,49)/p-1. The zero-order valence-electron chi connectivity index (χ0n) is 29.2. The smallest absolute Gasteiger partial charge is 0.374 e. The summed E-state index contributed by atoms with van der Waals surface area (Å²) in [5, 5.41) is 7.30. The molecule has 8 rings (SSSR count). The van der Waals surface area contributed by atoms with Crippen LogP contribution in [0.1, 0.15) is 32.1 Å². The minimum Gasteiger partial charge on any atom is -0.748 e. The van der Waals surface area contributed by atoms with Gasteiger partial charge in [0.2, 0.25) is 11.5 Å². The average molecular weight is 780 g/mol. The van der Waals surface area contributed by atoms with Crippen LogP contribution in [0.15, 0.2) is 118 Å². The second kappa shape index (κ2) is 14.3. The summed E-state index contributed by atoms with van der Waals surface area (Å²) < 4.78 is 85.5. The third-order valence-corrected chi connectivity index (χ3v) is 12.2. The molecule has 0 spiro atoms. The molecule has 0 fully saturated rings. The van der Waals surface area contributed by atoms with Crippen LogP contribution in [-0.4, -0.2) is 44.0 Å². The molecule has 7 aromatic rings. The van der Waals surface area contributed by atoms with Gasteiger partial charge in [0.1, 0.15) is 0 Å². The number of anilines is 1. The minimum atomic E-state index is -4.43. The lowest BCUT2D eigenvalue weighted by Gasteiger charge is -2.21. The Bertz CT molecular complexity index is 2870. The number of fused-ring (bicyclic) bond motifs is 7. The molecule has 0 atom stereocenters. The number of rotatable bonds is 12. The maximum Gasteiger partial charge on any atom is 0.374 e. The molecule has 0 aliphatic carbocycles. The fourth-order valence-electron chi connectivity index (χ4n) is 7.15. The van der Waals surface area contributed by atoms with Gasteiger partial charge in [-0.1, -0.05) is 55.5 Å². The van der Waals surface area contributed by atoms with E-state index in [1.54, 1.807) is 11.3 Å². The number of benzene rings is 5. The highest BCUT2D eigenvalue weighted by molar-refractivity contribution is 7.85. The molecule has 0 amide bonds. The summed E-state index contributed by atoms with van der Waals surface area (Å²) in [4.78, 5) is 1.92. The van der Waals surface area contributed by atoms with E-state index < -0.39 is 31.7 Å². The normalized spacial score (nSPS) is 14.5. The summed E-state index contributed by atoms with van der Waals surface area (Å²) in [6.45, 7) is 2.42. The Balaban J connectivity index is 1.21. The van der Waals surface area contributed by atoms with Crippen LogP contribution in [0.5, 0.6) is 5.75 Å². The maximum absolute atomic E-state index is 11.6. The van der Waals surface area contributed by atoms with Gasteiger partial charge in [0.15, 0.2) is 12.3 Å². The summed E-state index contributed by atoms with van der Waals surface area (Å²) in [6, 6.07) is 30.3. The first kappa shape index (κ1) is 36.0. The van der Waals surface area contributed by atoms with E-state index in [9.17, 15) is 25.9 Å². The van der Waals surface area contributed by atoms with Crippen molar-refractivity contribution in [3.05, 3.63) is 120 Å². The van der Waals surface area contributed by atoms with Crippen molar-refractivity contribution in [3.63, 3.8) is 0 Å². The van der Waals surface area contributed by atoms with E-state index in [1.807, 2.05) is 89.2 Å². The van der Waals surface area contributed by atoms with Gasteiger partial charge in [-0.05, 0) is 92.9 Å². The Morgan fingerprint density at radius 1 is 0.815 bits per heavy atom. The Kier molecular flexibility index (Phi) is 9.53. The van der Waals surface area contributed by atoms with Gasteiger partial charge in [-0.25, -0.2) is 16.8 Å². The molecule has 10 nitrogen and oxygen atoms in total. The maximum atomic E-state index is 11.6. The second-order valence-electron chi connectivity index (χ2n) is 13.3. The fourth-order valence-corrected chi connectivity index (χ4v) is 8.88. The van der Waals surface area contributed by atoms with Gasteiger partial charge in [0.25, 0.3) is 5.52 Å². The molecule has 0 radical (unpaired) electrons. The molecule has 13 heteroatoms. The van der Waals surface area contributed by atoms with E-state index >= 15 is 0 Å². The predicted molar refractivity (Wildman–Crippen MR) is 211 cm³/mol. The summed E-state index contributed by atoms with van der Waals surface area (Å²) in [6.07, 6.45) is 4.48. The number of aromatic nitrogens is 1. The van der Waals surface area contributed by atoms with Gasteiger partial charge >= 0.3 is 5.89 Å². The molecule has 54 heavy (non-hydrogen) atoms. The minimum absolute atomic E-state index is 0.0923. The third-order valence-electron chi connectivity index (χ3n) is 9.71. The van der Waals surface area contributed by atoms with E-state index in [4.69, 9.17) is 9.15 Å². The van der Waals surface area contributed by atoms with Crippen molar-refractivity contribution >= 4 is 86.1 Å². The second-order valence-corrected chi connectivity index (χ2v) is 17.3. The van der Waals surface area contributed by atoms with E-state index in [-0.39, 0.29) is 25.9 Å². The molecular formula is C41H35N2O8S3-. The van der Waals surface area contributed by atoms with Gasteiger partial charge in [0.05, 0.1) is 32.0 Å². The molecule has 1 aliphatic heterocycles. The van der Waals surface area contributed by atoms with Crippen molar-refractivity contribution in [1.29, 1.82) is 0 Å². The molecule has 0 saturated heterocycles. The zero-order chi connectivity index (χ0) is 37.6. The monoisotopic (exact) mass is 779 g/mol. The summed E-state index contributed by atoms with van der Waals surface area (Å²) in [5.41, 5.74) is 4.92. The van der Waals surface area contributed by atoms with Crippen molar-refractivity contribution in [2.45, 2.75) is 32.7 Å². The quantitative estimate of drug-likeness (QED) is 0.0680. The summed E-state index contributed by atoms with van der Waals surface area (Å²) in [7, 11) is -8.86. The van der Waals surface area contributed by atoms with Gasteiger partial charge < -0.3 is 23.2 Å². The van der Waals surface area contributed by atoms with Crippen molar-refractivity contribution in [2.75, 3.05) is 23.0 Å². The van der Waals surface area contributed by atoms with E-state index in [0.29, 0.717) is 29.5 Å². The Labute approximate surface area is 316 Å². The molecule has 0 bridgehead atoms. The van der Waals surface area contributed by atoms with Crippen molar-refractivity contribution < 1.29 is 39.7 Å². The lowest BCUT2D eigenvalue weighted by Crippen LogP contribution is -2.36. The van der Waals surface area contributed by atoms with Crippen LogP contribution in [-0.2, 0) is 26.8 Å². The number of aryl methyl sites for hydroxylation is 1. The summed E-state index contributed by atoms with van der Waals surface area (Å²) >= 11 is 1.68. The Hall–Kier alpha value is -5.05.